The molecule has 0 saturated heterocycles. The Hall–Kier alpha value is -3.28. The molecule has 1 aliphatic rings. The molecule has 0 atom stereocenters. The normalized spacial score (nSPS) is 13.6. The third-order valence-corrected chi connectivity index (χ3v) is 4.75. The fraction of sp³-hybridized carbons (Fsp3) is 0.238. The van der Waals surface area contributed by atoms with Crippen LogP contribution in [0, 0.1) is 0 Å². The van der Waals surface area contributed by atoms with E-state index >= 15 is 0 Å². The van der Waals surface area contributed by atoms with Gasteiger partial charge >= 0.3 is 5.97 Å². The molecule has 1 aliphatic carbocycles. The SMILES string of the molecule is CN(C)c1ccc(-c2ccc(NC(=O)C3=C(C(=O)O)CCC3)cc2N)cc1. The molecule has 0 heterocycles. The number of anilines is 3. The Balaban J connectivity index is 1.80. The zero-order valence-corrected chi connectivity index (χ0v) is 15.5. The summed E-state index contributed by atoms with van der Waals surface area (Å²) in [4.78, 5) is 25.7. The molecule has 0 aromatic heterocycles. The standard InChI is InChI=1S/C21H23N3O3/c1-24(2)15-9-6-13(7-10-15)16-11-8-14(12-19(16)22)23-20(25)17-4-3-5-18(17)21(26)27/h6-12H,3-5,22H2,1-2H3,(H,23,25)(H,26,27). The number of aliphatic carboxylic acids is 1. The highest BCUT2D eigenvalue weighted by molar-refractivity contribution is 6.09. The summed E-state index contributed by atoms with van der Waals surface area (Å²) in [5.74, 6) is -1.39. The summed E-state index contributed by atoms with van der Waals surface area (Å²) in [5, 5.41) is 12.0. The highest BCUT2D eigenvalue weighted by atomic mass is 16.4. The van der Waals surface area contributed by atoms with Gasteiger partial charge in [-0.2, -0.15) is 0 Å². The Morgan fingerprint density at radius 1 is 1.04 bits per heavy atom. The highest BCUT2D eigenvalue weighted by Crippen LogP contribution is 2.31. The van der Waals surface area contributed by atoms with Gasteiger partial charge in [0.2, 0.25) is 0 Å². The fourth-order valence-electron chi connectivity index (χ4n) is 3.28. The van der Waals surface area contributed by atoms with Crippen molar-refractivity contribution in [2.45, 2.75) is 19.3 Å². The summed E-state index contributed by atoms with van der Waals surface area (Å²) in [6.07, 6.45) is 1.61. The number of nitrogens with one attached hydrogen (secondary N) is 1. The van der Waals surface area contributed by atoms with Crippen LogP contribution < -0.4 is 16.0 Å². The summed E-state index contributed by atoms with van der Waals surface area (Å²) in [7, 11) is 3.97. The molecular formula is C21H23N3O3. The first-order chi connectivity index (χ1) is 12.9. The molecular weight excluding hydrogens is 342 g/mol. The molecule has 2 aromatic rings. The third kappa shape index (κ3) is 3.95. The average Bonchev–Trinajstić information content (AvgIpc) is 3.12. The van der Waals surface area contributed by atoms with E-state index in [-0.39, 0.29) is 11.5 Å². The van der Waals surface area contributed by atoms with Gasteiger partial charge in [0, 0.05) is 47.9 Å². The van der Waals surface area contributed by atoms with Crippen LogP contribution in [0.1, 0.15) is 19.3 Å². The van der Waals surface area contributed by atoms with Gasteiger partial charge in [-0.3, -0.25) is 4.79 Å². The summed E-state index contributed by atoms with van der Waals surface area (Å²) in [5.41, 5.74) is 10.8. The van der Waals surface area contributed by atoms with Gasteiger partial charge in [-0.1, -0.05) is 18.2 Å². The maximum absolute atomic E-state index is 12.4. The van der Waals surface area contributed by atoms with Gasteiger partial charge in [0.15, 0.2) is 0 Å². The van der Waals surface area contributed by atoms with Crippen LogP contribution in [0.3, 0.4) is 0 Å². The molecule has 2 aromatic carbocycles. The summed E-state index contributed by atoms with van der Waals surface area (Å²) in [6, 6.07) is 13.4. The van der Waals surface area contributed by atoms with Crippen LogP contribution in [0.25, 0.3) is 11.1 Å². The summed E-state index contributed by atoms with van der Waals surface area (Å²) < 4.78 is 0. The van der Waals surface area contributed by atoms with E-state index in [0.29, 0.717) is 36.2 Å². The number of rotatable bonds is 5. The minimum Gasteiger partial charge on any atom is -0.478 e. The second kappa shape index (κ2) is 7.53. The molecule has 6 heteroatoms. The van der Waals surface area contributed by atoms with E-state index in [1.165, 1.54) is 0 Å². The minimum absolute atomic E-state index is 0.207. The van der Waals surface area contributed by atoms with Crippen LogP contribution in [-0.4, -0.2) is 31.1 Å². The van der Waals surface area contributed by atoms with E-state index in [2.05, 4.69) is 5.32 Å². The molecule has 0 radical (unpaired) electrons. The van der Waals surface area contributed by atoms with Gasteiger partial charge in [0.05, 0.1) is 0 Å². The Morgan fingerprint density at radius 3 is 2.30 bits per heavy atom. The topological polar surface area (TPSA) is 95.7 Å². The van der Waals surface area contributed by atoms with Crippen molar-refractivity contribution < 1.29 is 14.7 Å². The predicted octanol–water partition coefficient (Wildman–Crippen LogP) is 3.51. The molecule has 0 bridgehead atoms. The number of amides is 1. The Morgan fingerprint density at radius 2 is 1.70 bits per heavy atom. The number of hydrogen-bond acceptors (Lipinski definition) is 4. The van der Waals surface area contributed by atoms with Crippen LogP contribution in [0.15, 0.2) is 53.6 Å². The highest BCUT2D eigenvalue weighted by Gasteiger charge is 2.25. The summed E-state index contributed by atoms with van der Waals surface area (Å²) in [6.45, 7) is 0. The van der Waals surface area contributed by atoms with E-state index in [0.717, 1.165) is 16.8 Å². The molecule has 0 unspecified atom stereocenters. The quantitative estimate of drug-likeness (QED) is 0.705. The lowest BCUT2D eigenvalue weighted by Crippen LogP contribution is -2.16. The minimum atomic E-state index is -1.02. The second-order valence-electron chi connectivity index (χ2n) is 6.81. The Kier molecular flexibility index (Phi) is 5.16. The largest absolute Gasteiger partial charge is 0.478 e. The van der Waals surface area contributed by atoms with Crippen molar-refractivity contribution >= 4 is 28.9 Å². The number of hydrogen-bond donors (Lipinski definition) is 3. The van der Waals surface area contributed by atoms with Crippen molar-refractivity contribution in [3.8, 4) is 11.1 Å². The zero-order chi connectivity index (χ0) is 19.6. The van der Waals surface area contributed by atoms with Crippen molar-refractivity contribution in [3.63, 3.8) is 0 Å². The van der Waals surface area contributed by atoms with E-state index < -0.39 is 5.97 Å². The molecule has 27 heavy (non-hydrogen) atoms. The number of benzene rings is 2. The van der Waals surface area contributed by atoms with Crippen LogP contribution in [0.5, 0.6) is 0 Å². The first-order valence-corrected chi connectivity index (χ1v) is 8.81. The van der Waals surface area contributed by atoms with E-state index in [1.807, 2.05) is 49.3 Å². The smallest absolute Gasteiger partial charge is 0.332 e. The number of nitrogens with zero attached hydrogens (tertiary/aromatic N) is 1. The number of carbonyl (C=O) groups is 2. The van der Waals surface area contributed by atoms with Gasteiger partial charge in [-0.15, -0.1) is 0 Å². The second-order valence-corrected chi connectivity index (χ2v) is 6.81. The van der Waals surface area contributed by atoms with Crippen LogP contribution in [0.4, 0.5) is 17.1 Å². The van der Waals surface area contributed by atoms with Crippen molar-refractivity contribution in [1.82, 2.24) is 0 Å². The maximum atomic E-state index is 12.4. The first-order valence-electron chi connectivity index (χ1n) is 8.81. The van der Waals surface area contributed by atoms with Crippen LogP contribution in [-0.2, 0) is 9.59 Å². The number of carboxylic acids is 1. The molecule has 140 valence electrons. The number of nitrogens with two attached hydrogens (primary N) is 1. The van der Waals surface area contributed by atoms with Gasteiger partial charge in [-0.25, -0.2) is 4.79 Å². The van der Waals surface area contributed by atoms with Gasteiger partial charge in [0.25, 0.3) is 5.91 Å². The lowest BCUT2D eigenvalue weighted by molar-refractivity contribution is -0.133. The van der Waals surface area contributed by atoms with Crippen molar-refractivity contribution in [3.05, 3.63) is 53.6 Å². The van der Waals surface area contributed by atoms with Crippen LogP contribution in [0.2, 0.25) is 0 Å². The lowest BCUT2D eigenvalue weighted by atomic mass is 10.0. The molecule has 6 nitrogen and oxygen atoms in total. The number of carboxylic acid groups (broad SMARTS) is 1. The van der Waals surface area contributed by atoms with E-state index in [9.17, 15) is 14.7 Å². The molecule has 4 N–H and O–H groups in total. The molecule has 0 spiro atoms. The monoisotopic (exact) mass is 365 g/mol. The third-order valence-electron chi connectivity index (χ3n) is 4.75. The Bertz CT molecular complexity index is 915. The van der Waals surface area contributed by atoms with E-state index in [1.54, 1.807) is 12.1 Å². The van der Waals surface area contributed by atoms with Gasteiger partial charge < -0.3 is 21.1 Å². The predicted molar refractivity (Wildman–Crippen MR) is 108 cm³/mol. The maximum Gasteiger partial charge on any atom is 0.332 e. The van der Waals surface area contributed by atoms with Crippen molar-refractivity contribution in [1.29, 1.82) is 0 Å². The van der Waals surface area contributed by atoms with Crippen LogP contribution >= 0.6 is 0 Å². The molecule has 0 saturated carbocycles. The molecule has 0 fully saturated rings. The first kappa shape index (κ1) is 18.5. The molecule has 1 amide bonds. The molecule has 3 rings (SSSR count). The number of carbonyl (C=O) groups excluding carboxylic acids is 1. The Labute approximate surface area is 158 Å². The summed E-state index contributed by atoms with van der Waals surface area (Å²) >= 11 is 0. The fourth-order valence-corrected chi connectivity index (χ4v) is 3.28. The van der Waals surface area contributed by atoms with E-state index in [4.69, 9.17) is 5.73 Å². The van der Waals surface area contributed by atoms with Gasteiger partial charge in [-0.05, 0) is 49.1 Å². The van der Waals surface area contributed by atoms with Crippen molar-refractivity contribution in [2.24, 2.45) is 0 Å². The van der Waals surface area contributed by atoms with Gasteiger partial charge in [0.1, 0.15) is 0 Å². The zero-order valence-electron chi connectivity index (χ0n) is 15.5. The lowest BCUT2D eigenvalue weighted by Gasteiger charge is -2.14. The average molecular weight is 365 g/mol. The number of nitrogen functional groups attached to an aromatic ring is 1. The molecule has 0 aliphatic heterocycles. The van der Waals surface area contributed by atoms with Crippen molar-refractivity contribution in [2.75, 3.05) is 30.0 Å².